The maximum atomic E-state index is 14.2. The fourth-order valence-electron chi connectivity index (χ4n) is 4.11. The van der Waals surface area contributed by atoms with Gasteiger partial charge < -0.3 is 0 Å². The monoisotopic (exact) mass is 586 g/mol. The van der Waals surface area contributed by atoms with E-state index in [2.05, 4.69) is 31.9 Å². The van der Waals surface area contributed by atoms with Crippen LogP contribution in [0.25, 0.3) is 40.3 Å². The third kappa shape index (κ3) is 3.02. The van der Waals surface area contributed by atoms with E-state index in [9.17, 15) is 8.42 Å². The smallest absolute Gasteiger partial charge is 0.208 e. The van der Waals surface area contributed by atoms with Crippen LogP contribution in [0.5, 0.6) is 0 Å². The number of benzene rings is 4. The normalized spacial score (nSPS) is 12.5. The zero-order valence-electron chi connectivity index (χ0n) is 15.7. The lowest BCUT2D eigenvalue weighted by Gasteiger charge is -2.10. The van der Waals surface area contributed by atoms with Crippen LogP contribution in [0.3, 0.4) is 0 Å². The van der Waals surface area contributed by atoms with E-state index in [0.717, 1.165) is 49.3 Å². The van der Waals surface area contributed by atoms with Crippen LogP contribution in [0.2, 0.25) is 0 Å². The van der Waals surface area contributed by atoms with Crippen LogP contribution in [0.4, 0.5) is 0 Å². The molecule has 0 aliphatic carbocycles. The summed E-state index contributed by atoms with van der Waals surface area (Å²) in [4.78, 5) is 0.674. The van der Waals surface area contributed by atoms with E-state index in [1.165, 1.54) is 0 Å². The molecule has 0 aliphatic heterocycles. The number of rotatable bonds is 2. The molecule has 6 rings (SSSR count). The predicted octanol–water partition coefficient (Wildman–Crippen LogP) is 8.78. The third-order valence-corrected chi connectivity index (χ3v) is 10.3. The van der Waals surface area contributed by atoms with Crippen LogP contribution >= 0.6 is 54.5 Å². The maximum absolute atomic E-state index is 14.2. The van der Waals surface area contributed by atoms with Crippen molar-refractivity contribution in [2.75, 3.05) is 0 Å². The van der Waals surface area contributed by atoms with E-state index in [1.807, 2.05) is 60.7 Å². The second-order valence-corrected chi connectivity index (χ2v) is 13.1. The van der Waals surface area contributed by atoms with Crippen molar-refractivity contribution in [1.82, 2.24) is 0 Å². The number of hydrogen-bond acceptors (Lipinski definition) is 4. The number of halogens is 2. The summed E-state index contributed by atoms with van der Waals surface area (Å²) < 4.78 is 34.0. The Labute approximate surface area is 203 Å². The van der Waals surface area contributed by atoms with Gasteiger partial charge >= 0.3 is 0 Å². The first-order valence-electron chi connectivity index (χ1n) is 9.40. The summed E-state index contributed by atoms with van der Waals surface area (Å²) in [6, 6.07) is 23.4. The Bertz CT molecular complexity index is 1650. The highest BCUT2D eigenvalue weighted by Crippen LogP contribution is 2.45. The van der Waals surface area contributed by atoms with E-state index < -0.39 is 9.84 Å². The van der Waals surface area contributed by atoms with Crippen LogP contribution in [0.15, 0.2) is 91.5 Å². The van der Waals surface area contributed by atoms with Crippen molar-refractivity contribution in [2.24, 2.45) is 0 Å². The minimum absolute atomic E-state index is 0.337. The van der Waals surface area contributed by atoms with Crippen molar-refractivity contribution in [2.45, 2.75) is 9.79 Å². The van der Waals surface area contributed by atoms with Crippen molar-refractivity contribution in [3.8, 4) is 0 Å². The summed E-state index contributed by atoms with van der Waals surface area (Å²) in [6.07, 6.45) is 0. The fourth-order valence-corrected chi connectivity index (χ4v) is 9.88. The van der Waals surface area contributed by atoms with Crippen molar-refractivity contribution in [3.63, 3.8) is 0 Å². The molecule has 152 valence electrons. The van der Waals surface area contributed by atoms with Crippen LogP contribution in [0, 0.1) is 0 Å². The van der Waals surface area contributed by atoms with Gasteiger partial charge in [0.15, 0.2) is 0 Å². The topological polar surface area (TPSA) is 34.1 Å². The average molecular weight is 588 g/mol. The molecule has 2 nitrogen and oxygen atoms in total. The van der Waals surface area contributed by atoms with Crippen LogP contribution in [-0.2, 0) is 9.84 Å². The average Bonchev–Trinajstić information content (AvgIpc) is 3.29. The van der Waals surface area contributed by atoms with Crippen LogP contribution < -0.4 is 0 Å². The van der Waals surface area contributed by atoms with Crippen molar-refractivity contribution >= 4 is 105 Å². The summed E-state index contributed by atoms with van der Waals surface area (Å²) in [5.74, 6) is 0. The van der Waals surface area contributed by atoms with Crippen molar-refractivity contribution in [3.05, 3.63) is 81.7 Å². The first-order chi connectivity index (χ1) is 14.9. The first-order valence-corrected chi connectivity index (χ1v) is 14.1. The molecule has 0 N–H and O–H groups in total. The zero-order valence-corrected chi connectivity index (χ0v) is 21.3. The van der Waals surface area contributed by atoms with E-state index in [0.29, 0.717) is 9.79 Å². The molecule has 0 saturated carbocycles. The third-order valence-electron chi connectivity index (χ3n) is 5.39. The molecule has 2 heterocycles. The van der Waals surface area contributed by atoms with Gasteiger partial charge in [-0.1, -0.05) is 68.3 Å². The second-order valence-electron chi connectivity index (χ2n) is 7.25. The Morgan fingerprint density at radius 1 is 0.581 bits per heavy atom. The number of sulfone groups is 1. The fraction of sp³-hybridized carbons (Fsp3) is 0. The van der Waals surface area contributed by atoms with Gasteiger partial charge in [0.05, 0.1) is 9.79 Å². The second kappa shape index (κ2) is 7.12. The molecule has 0 radical (unpaired) electrons. The molecular formula is C24H12Br2O2S3. The van der Waals surface area contributed by atoms with Gasteiger partial charge in [0, 0.05) is 49.3 Å². The van der Waals surface area contributed by atoms with Crippen LogP contribution in [-0.4, -0.2) is 8.42 Å². The molecule has 0 bridgehead atoms. The summed E-state index contributed by atoms with van der Waals surface area (Å²) in [7, 11) is -3.81. The number of thiophene rings is 2. The highest BCUT2D eigenvalue weighted by molar-refractivity contribution is 9.10. The van der Waals surface area contributed by atoms with Gasteiger partial charge in [0.2, 0.25) is 9.84 Å². The van der Waals surface area contributed by atoms with Gasteiger partial charge in [-0.2, -0.15) is 0 Å². The van der Waals surface area contributed by atoms with E-state index in [4.69, 9.17) is 0 Å². The molecule has 0 atom stereocenters. The minimum Gasteiger partial charge on any atom is -0.218 e. The summed E-state index contributed by atoms with van der Waals surface area (Å²) in [5, 5.41) is 3.51. The molecule has 7 heteroatoms. The summed E-state index contributed by atoms with van der Waals surface area (Å²) in [5.41, 5.74) is 0. The minimum atomic E-state index is -3.81. The van der Waals surface area contributed by atoms with Gasteiger partial charge in [-0.05, 0) is 36.4 Å². The first kappa shape index (κ1) is 19.9. The van der Waals surface area contributed by atoms with Gasteiger partial charge in [-0.3, -0.25) is 0 Å². The molecular weight excluding hydrogens is 576 g/mol. The molecule has 4 aromatic carbocycles. The van der Waals surface area contributed by atoms with Gasteiger partial charge in [-0.25, -0.2) is 8.42 Å². The lowest BCUT2D eigenvalue weighted by molar-refractivity contribution is 0.598. The van der Waals surface area contributed by atoms with E-state index >= 15 is 0 Å². The van der Waals surface area contributed by atoms with Gasteiger partial charge in [0.25, 0.3) is 0 Å². The lowest BCUT2D eigenvalue weighted by atomic mass is 10.1. The number of fused-ring (bicyclic) bond motifs is 6. The van der Waals surface area contributed by atoms with Crippen molar-refractivity contribution < 1.29 is 8.42 Å². The molecule has 0 fully saturated rings. The summed E-state index contributed by atoms with van der Waals surface area (Å²) >= 11 is 10.3. The molecule has 31 heavy (non-hydrogen) atoms. The molecule has 0 aliphatic rings. The van der Waals surface area contributed by atoms with Gasteiger partial charge in [-0.15, -0.1) is 22.7 Å². The SMILES string of the molecule is O=S(=O)(c1cc(Br)cc2sc3ccccc3c12)c1cc(Br)cc2sc3ccccc3c12. The predicted molar refractivity (Wildman–Crippen MR) is 140 cm³/mol. The molecule has 2 aromatic heterocycles. The van der Waals surface area contributed by atoms with Crippen LogP contribution in [0.1, 0.15) is 0 Å². The lowest BCUT2D eigenvalue weighted by Crippen LogP contribution is -2.03. The van der Waals surface area contributed by atoms with Crippen molar-refractivity contribution in [1.29, 1.82) is 0 Å². The Morgan fingerprint density at radius 2 is 1.00 bits per heavy atom. The quantitative estimate of drug-likeness (QED) is 0.203. The highest BCUT2D eigenvalue weighted by Gasteiger charge is 2.27. The Balaban J connectivity index is 1.78. The molecule has 0 amide bonds. The Morgan fingerprint density at radius 3 is 1.45 bits per heavy atom. The molecule has 0 saturated heterocycles. The van der Waals surface area contributed by atoms with E-state index in [1.54, 1.807) is 34.8 Å². The Kier molecular flexibility index (Phi) is 4.56. The van der Waals surface area contributed by atoms with E-state index in [-0.39, 0.29) is 0 Å². The highest BCUT2D eigenvalue weighted by atomic mass is 79.9. The zero-order chi connectivity index (χ0) is 21.3. The maximum Gasteiger partial charge on any atom is 0.208 e. The standard InChI is InChI=1S/C24H12Br2O2S3/c25-13-9-19-23(15-5-1-3-7-17(15)29-19)21(11-13)31(27,28)22-12-14(26)10-20-24(22)16-6-2-4-8-18(16)30-20/h1-12H. The molecule has 6 aromatic rings. The molecule has 0 unspecified atom stereocenters. The molecule has 0 spiro atoms. The largest absolute Gasteiger partial charge is 0.218 e. The van der Waals surface area contributed by atoms with Gasteiger partial charge in [0.1, 0.15) is 0 Å². The number of hydrogen-bond donors (Lipinski definition) is 0. The Hall–Kier alpha value is -1.77. The summed E-state index contributed by atoms with van der Waals surface area (Å²) in [6.45, 7) is 0.